The Bertz CT molecular complexity index is 422. The molecule has 0 spiro atoms. The summed E-state index contributed by atoms with van der Waals surface area (Å²) in [5.74, 6) is 0.144. The lowest BCUT2D eigenvalue weighted by atomic mass is 10.1. The van der Waals surface area contributed by atoms with E-state index >= 15 is 0 Å². The summed E-state index contributed by atoms with van der Waals surface area (Å²) in [6, 6.07) is 10.6. The first kappa shape index (κ1) is 15.0. The summed E-state index contributed by atoms with van der Waals surface area (Å²) in [5, 5.41) is 3.35. The van der Waals surface area contributed by atoms with Gasteiger partial charge in [-0.3, -0.25) is 4.79 Å². The van der Waals surface area contributed by atoms with E-state index in [-0.39, 0.29) is 11.9 Å². The number of amides is 1. The molecule has 0 radical (unpaired) electrons. The van der Waals surface area contributed by atoms with Crippen LogP contribution in [0.4, 0.5) is 5.69 Å². The van der Waals surface area contributed by atoms with Crippen LogP contribution < -0.4 is 10.2 Å². The lowest BCUT2D eigenvalue weighted by molar-refractivity contribution is -0.120. The number of nitrogens with one attached hydrogen (secondary N) is 1. The number of para-hydroxylation sites is 1. The Morgan fingerprint density at radius 3 is 2.75 bits per heavy atom. The van der Waals surface area contributed by atoms with Crippen molar-refractivity contribution in [3.05, 3.63) is 30.3 Å². The van der Waals surface area contributed by atoms with Crippen molar-refractivity contribution in [1.82, 2.24) is 5.32 Å². The van der Waals surface area contributed by atoms with Crippen LogP contribution in [-0.4, -0.2) is 38.8 Å². The Labute approximate surface area is 121 Å². The molecular formula is C16H24N2O2. The number of ether oxygens (including phenoxy) is 1. The van der Waals surface area contributed by atoms with Crippen LogP contribution in [0.5, 0.6) is 0 Å². The van der Waals surface area contributed by atoms with Gasteiger partial charge in [0.25, 0.3) is 0 Å². The first-order valence-corrected chi connectivity index (χ1v) is 7.31. The lowest BCUT2D eigenvalue weighted by Crippen LogP contribution is -2.49. The van der Waals surface area contributed by atoms with Crippen LogP contribution in [-0.2, 0) is 9.53 Å². The molecule has 1 aliphatic carbocycles. The number of benzene rings is 1. The number of nitrogens with zero attached hydrogens (tertiary/aromatic N) is 1. The maximum absolute atomic E-state index is 12.6. The molecule has 2 rings (SSSR count). The quantitative estimate of drug-likeness (QED) is 0.866. The Kier molecular flexibility index (Phi) is 5.56. The van der Waals surface area contributed by atoms with E-state index in [0.717, 1.165) is 24.9 Å². The number of likely N-dealkylation sites (N-methyl/N-ethyl adjacent to an activating group) is 1. The van der Waals surface area contributed by atoms with E-state index in [0.29, 0.717) is 19.1 Å². The summed E-state index contributed by atoms with van der Waals surface area (Å²) in [7, 11) is 3.61. The minimum absolute atomic E-state index is 0.144. The van der Waals surface area contributed by atoms with Gasteiger partial charge >= 0.3 is 0 Å². The van der Waals surface area contributed by atoms with Crippen LogP contribution in [0.25, 0.3) is 0 Å². The molecule has 2 unspecified atom stereocenters. The highest BCUT2D eigenvalue weighted by Gasteiger charge is 2.34. The van der Waals surface area contributed by atoms with Gasteiger partial charge < -0.3 is 15.0 Å². The minimum atomic E-state index is 0.144. The molecule has 20 heavy (non-hydrogen) atoms. The summed E-state index contributed by atoms with van der Waals surface area (Å²) >= 11 is 0. The fraction of sp³-hybridized carbons (Fsp3) is 0.562. The van der Waals surface area contributed by atoms with Crippen LogP contribution in [0.15, 0.2) is 30.3 Å². The largest absolute Gasteiger partial charge is 0.384 e. The fourth-order valence-corrected chi connectivity index (χ4v) is 3.01. The Hall–Kier alpha value is -1.39. The van der Waals surface area contributed by atoms with Crippen molar-refractivity contribution in [2.45, 2.75) is 37.8 Å². The highest BCUT2D eigenvalue weighted by molar-refractivity contribution is 5.94. The molecular weight excluding hydrogens is 252 g/mol. The lowest BCUT2D eigenvalue weighted by Gasteiger charge is -2.33. The standard InChI is InChI=1S/C16H24N2O2/c1-17-14-9-6-10-15(14)18(16(19)11-12-20-2)13-7-4-3-5-8-13/h3-5,7-8,14-15,17H,6,9-12H2,1-2H3. The van der Waals surface area contributed by atoms with E-state index in [1.807, 2.05) is 42.3 Å². The molecule has 1 aromatic carbocycles. The smallest absolute Gasteiger partial charge is 0.229 e. The average molecular weight is 276 g/mol. The molecule has 1 fully saturated rings. The van der Waals surface area contributed by atoms with E-state index in [9.17, 15) is 4.79 Å². The van der Waals surface area contributed by atoms with Crippen LogP contribution in [0.3, 0.4) is 0 Å². The number of hydrogen-bond donors (Lipinski definition) is 1. The monoisotopic (exact) mass is 276 g/mol. The van der Waals surface area contributed by atoms with Crippen LogP contribution in [0.2, 0.25) is 0 Å². The first-order valence-electron chi connectivity index (χ1n) is 7.31. The second-order valence-corrected chi connectivity index (χ2v) is 5.24. The molecule has 1 aromatic rings. The maximum Gasteiger partial charge on any atom is 0.229 e. The number of methoxy groups -OCH3 is 1. The van der Waals surface area contributed by atoms with Gasteiger partial charge in [0, 0.05) is 18.8 Å². The first-order chi connectivity index (χ1) is 9.77. The Morgan fingerprint density at radius 2 is 2.10 bits per heavy atom. The third-order valence-corrected chi connectivity index (χ3v) is 4.01. The summed E-state index contributed by atoms with van der Waals surface area (Å²) in [5.41, 5.74) is 0.987. The molecule has 110 valence electrons. The van der Waals surface area contributed by atoms with E-state index in [1.165, 1.54) is 0 Å². The molecule has 1 aliphatic rings. The highest BCUT2D eigenvalue weighted by atomic mass is 16.5. The van der Waals surface area contributed by atoms with E-state index in [1.54, 1.807) is 7.11 Å². The molecule has 0 saturated heterocycles. The van der Waals surface area contributed by atoms with Gasteiger partial charge in [-0.25, -0.2) is 0 Å². The minimum Gasteiger partial charge on any atom is -0.384 e. The topological polar surface area (TPSA) is 41.6 Å². The van der Waals surface area contributed by atoms with Crippen LogP contribution in [0.1, 0.15) is 25.7 Å². The van der Waals surface area contributed by atoms with Gasteiger partial charge in [0.1, 0.15) is 0 Å². The zero-order chi connectivity index (χ0) is 14.4. The van der Waals surface area contributed by atoms with Crippen LogP contribution >= 0.6 is 0 Å². The van der Waals surface area contributed by atoms with Crippen LogP contribution in [0, 0.1) is 0 Å². The van der Waals surface area contributed by atoms with E-state index < -0.39 is 0 Å². The molecule has 1 N–H and O–H groups in total. The number of hydrogen-bond acceptors (Lipinski definition) is 3. The van der Waals surface area contributed by atoms with Crippen molar-refractivity contribution in [2.24, 2.45) is 0 Å². The molecule has 4 nitrogen and oxygen atoms in total. The van der Waals surface area contributed by atoms with Gasteiger partial charge in [-0.15, -0.1) is 0 Å². The van der Waals surface area contributed by atoms with Gasteiger partial charge in [-0.05, 0) is 38.4 Å². The van der Waals surface area contributed by atoms with Crippen molar-refractivity contribution in [1.29, 1.82) is 0 Å². The van der Waals surface area contributed by atoms with Gasteiger partial charge in [-0.1, -0.05) is 18.2 Å². The molecule has 0 bridgehead atoms. The zero-order valence-corrected chi connectivity index (χ0v) is 12.3. The Morgan fingerprint density at radius 1 is 1.35 bits per heavy atom. The van der Waals surface area contributed by atoms with Gasteiger partial charge in [0.05, 0.1) is 19.1 Å². The predicted octanol–water partition coefficient (Wildman–Crippen LogP) is 2.20. The summed E-state index contributed by atoms with van der Waals surface area (Å²) in [6.45, 7) is 0.471. The van der Waals surface area contributed by atoms with Crippen molar-refractivity contribution < 1.29 is 9.53 Å². The van der Waals surface area contributed by atoms with Gasteiger partial charge in [0.2, 0.25) is 5.91 Å². The third-order valence-electron chi connectivity index (χ3n) is 4.01. The van der Waals surface area contributed by atoms with Gasteiger partial charge in [-0.2, -0.15) is 0 Å². The van der Waals surface area contributed by atoms with Gasteiger partial charge in [0.15, 0.2) is 0 Å². The summed E-state index contributed by atoms with van der Waals surface area (Å²) in [4.78, 5) is 14.5. The normalized spacial score (nSPS) is 21.9. The zero-order valence-electron chi connectivity index (χ0n) is 12.3. The number of anilines is 1. The third kappa shape index (κ3) is 3.38. The molecule has 4 heteroatoms. The van der Waals surface area contributed by atoms with E-state index in [2.05, 4.69) is 5.32 Å². The fourth-order valence-electron chi connectivity index (χ4n) is 3.01. The second-order valence-electron chi connectivity index (χ2n) is 5.24. The highest BCUT2D eigenvalue weighted by Crippen LogP contribution is 2.29. The Balaban J connectivity index is 2.22. The average Bonchev–Trinajstić information content (AvgIpc) is 2.94. The number of rotatable bonds is 6. The molecule has 1 saturated carbocycles. The van der Waals surface area contributed by atoms with E-state index in [4.69, 9.17) is 4.74 Å². The molecule has 1 amide bonds. The number of carbonyl (C=O) groups excluding carboxylic acids is 1. The van der Waals surface area contributed by atoms with Crippen molar-refractivity contribution >= 4 is 11.6 Å². The SMILES string of the molecule is CNC1CCCC1N(C(=O)CCOC)c1ccccc1. The van der Waals surface area contributed by atoms with Crippen molar-refractivity contribution in [3.8, 4) is 0 Å². The summed E-state index contributed by atoms with van der Waals surface area (Å²) in [6.07, 6.45) is 3.77. The van der Waals surface area contributed by atoms with Crippen molar-refractivity contribution in [2.75, 3.05) is 25.7 Å². The molecule has 2 atom stereocenters. The molecule has 0 heterocycles. The molecule has 0 aromatic heterocycles. The predicted molar refractivity (Wildman–Crippen MR) is 80.9 cm³/mol. The maximum atomic E-state index is 12.6. The number of carbonyl (C=O) groups is 1. The summed E-state index contributed by atoms with van der Waals surface area (Å²) < 4.78 is 5.05. The second kappa shape index (κ2) is 7.41. The van der Waals surface area contributed by atoms with Crippen molar-refractivity contribution in [3.63, 3.8) is 0 Å². The molecule has 0 aliphatic heterocycles.